The molecule has 0 aliphatic heterocycles. The second-order valence-electron chi connectivity index (χ2n) is 4.19. The summed E-state index contributed by atoms with van der Waals surface area (Å²) in [5.74, 6) is -0.123. The predicted octanol–water partition coefficient (Wildman–Crippen LogP) is 3.14. The second-order valence-corrected chi connectivity index (χ2v) is 5.41. The molecule has 0 bridgehead atoms. The van der Waals surface area contributed by atoms with Gasteiger partial charge in [0.1, 0.15) is 5.15 Å². The average molecular weight is 355 g/mol. The number of nitrogens with one attached hydrogen (secondary N) is 1. The van der Waals surface area contributed by atoms with Crippen molar-refractivity contribution in [2.75, 3.05) is 5.32 Å². The lowest BCUT2D eigenvalue weighted by Gasteiger charge is -2.09. The first-order valence-electron chi connectivity index (χ1n) is 5.98. The first kappa shape index (κ1) is 15.0. The number of carbonyl (C=O) groups excluding carboxylic acids is 1. The number of benzene rings is 1. The molecule has 0 saturated heterocycles. The predicted molar refractivity (Wildman–Crippen MR) is 83.6 cm³/mol. The Balaban J connectivity index is 2.07. The molecule has 2 aromatic rings. The SMILES string of the molecule is NCc1ccccc1CC(=O)Nc1cnc(Cl)c(Br)c1. The summed E-state index contributed by atoms with van der Waals surface area (Å²) < 4.78 is 0.638. The molecule has 0 unspecified atom stereocenters. The average Bonchev–Trinajstić information content (AvgIpc) is 2.43. The summed E-state index contributed by atoms with van der Waals surface area (Å²) in [7, 11) is 0. The van der Waals surface area contributed by atoms with Gasteiger partial charge in [0.2, 0.25) is 5.91 Å². The van der Waals surface area contributed by atoms with Crippen molar-refractivity contribution in [3.05, 3.63) is 57.3 Å². The van der Waals surface area contributed by atoms with Crippen LogP contribution >= 0.6 is 27.5 Å². The third-order valence-electron chi connectivity index (χ3n) is 2.77. The van der Waals surface area contributed by atoms with Crippen LogP contribution in [0.5, 0.6) is 0 Å². The number of anilines is 1. The maximum atomic E-state index is 12.0. The molecule has 0 saturated carbocycles. The van der Waals surface area contributed by atoms with Gasteiger partial charge in [-0.05, 0) is 33.1 Å². The van der Waals surface area contributed by atoms with Gasteiger partial charge in [0.05, 0.1) is 22.8 Å². The number of carbonyl (C=O) groups is 1. The van der Waals surface area contributed by atoms with Crippen LogP contribution < -0.4 is 11.1 Å². The number of hydrogen-bond acceptors (Lipinski definition) is 3. The van der Waals surface area contributed by atoms with E-state index in [1.807, 2.05) is 24.3 Å². The van der Waals surface area contributed by atoms with Crippen molar-refractivity contribution >= 4 is 39.1 Å². The minimum atomic E-state index is -0.123. The molecule has 0 atom stereocenters. The summed E-state index contributed by atoms with van der Waals surface area (Å²) in [4.78, 5) is 16.0. The molecule has 4 nitrogen and oxygen atoms in total. The zero-order valence-electron chi connectivity index (χ0n) is 10.6. The Morgan fingerprint density at radius 1 is 1.35 bits per heavy atom. The molecular weight excluding hydrogens is 342 g/mol. The van der Waals surface area contributed by atoms with Crippen LogP contribution in [0, 0.1) is 0 Å². The van der Waals surface area contributed by atoms with Gasteiger partial charge in [0, 0.05) is 6.54 Å². The third-order valence-corrected chi connectivity index (χ3v) is 3.90. The van der Waals surface area contributed by atoms with E-state index in [1.54, 1.807) is 6.07 Å². The Morgan fingerprint density at radius 3 is 2.70 bits per heavy atom. The second kappa shape index (κ2) is 6.83. The molecule has 20 heavy (non-hydrogen) atoms. The van der Waals surface area contributed by atoms with Crippen LogP contribution in [0.15, 0.2) is 41.0 Å². The van der Waals surface area contributed by atoms with Crippen LogP contribution in [0.1, 0.15) is 11.1 Å². The number of hydrogen-bond donors (Lipinski definition) is 2. The van der Waals surface area contributed by atoms with Crippen molar-refractivity contribution in [3.63, 3.8) is 0 Å². The fourth-order valence-corrected chi connectivity index (χ4v) is 2.25. The number of amides is 1. The minimum absolute atomic E-state index is 0.123. The van der Waals surface area contributed by atoms with Gasteiger partial charge in [0.25, 0.3) is 0 Å². The molecule has 0 aliphatic carbocycles. The number of nitrogens with zero attached hydrogens (tertiary/aromatic N) is 1. The number of nitrogens with two attached hydrogens (primary N) is 1. The van der Waals surface area contributed by atoms with Crippen molar-refractivity contribution in [2.24, 2.45) is 5.73 Å². The Morgan fingerprint density at radius 2 is 2.05 bits per heavy atom. The molecule has 0 radical (unpaired) electrons. The Bertz CT molecular complexity index is 634. The molecule has 0 spiro atoms. The molecule has 104 valence electrons. The van der Waals surface area contributed by atoms with Crippen molar-refractivity contribution < 1.29 is 4.79 Å². The zero-order chi connectivity index (χ0) is 14.5. The summed E-state index contributed by atoms with van der Waals surface area (Å²) in [6.07, 6.45) is 1.79. The van der Waals surface area contributed by atoms with Gasteiger partial charge in [-0.2, -0.15) is 0 Å². The van der Waals surface area contributed by atoms with Gasteiger partial charge in [0.15, 0.2) is 0 Å². The molecule has 3 N–H and O–H groups in total. The molecule has 1 aromatic carbocycles. The zero-order valence-corrected chi connectivity index (χ0v) is 12.9. The van der Waals surface area contributed by atoms with E-state index >= 15 is 0 Å². The van der Waals surface area contributed by atoms with Crippen molar-refractivity contribution in [3.8, 4) is 0 Å². The van der Waals surface area contributed by atoms with Gasteiger partial charge >= 0.3 is 0 Å². The molecule has 1 amide bonds. The normalized spacial score (nSPS) is 10.3. The molecule has 1 aromatic heterocycles. The minimum Gasteiger partial charge on any atom is -0.326 e. The highest BCUT2D eigenvalue weighted by molar-refractivity contribution is 9.10. The smallest absolute Gasteiger partial charge is 0.228 e. The van der Waals surface area contributed by atoms with Gasteiger partial charge in [-0.1, -0.05) is 35.9 Å². The van der Waals surface area contributed by atoms with E-state index in [0.717, 1.165) is 11.1 Å². The monoisotopic (exact) mass is 353 g/mol. The van der Waals surface area contributed by atoms with Gasteiger partial charge < -0.3 is 11.1 Å². The first-order chi connectivity index (χ1) is 9.60. The third kappa shape index (κ3) is 3.79. The molecule has 6 heteroatoms. The molecule has 2 rings (SSSR count). The highest BCUT2D eigenvalue weighted by Crippen LogP contribution is 2.23. The van der Waals surface area contributed by atoms with Crippen LogP contribution in [0.25, 0.3) is 0 Å². The van der Waals surface area contributed by atoms with Crippen molar-refractivity contribution in [1.82, 2.24) is 4.98 Å². The molecule has 0 aliphatic rings. The largest absolute Gasteiger partial charge is 0.326 e. The highest BCUT2D eigenvalue weighted by atomic mass is 79.9. The van der Waals surface area contributed by atoms with E-state index in [-0.39, 0.29) is 12.3 Å². The Kier molecular flexibility index (Phi) is 5.11. The maximum absolute atomic E-state index is 12.0. The van der Waals surface area contributed by atoms with Gasteiger partial charge in [-0.15, -0.1) is 0 Å². The summed E-state index contributed by atoms with van der Waals surface area (Å²) >= 11 is 9.07. The standard InChI is InChI=1S/C14H13BrClN3O/c15-12-6-11(8-18-14(12)16)19-13(20)5-9-3-1-2-4-10(9)7-17/h1-4,6,8H,5,7,17H2,(H,19,20). The summed E-state index contributed by atoms with van der Waals surface area (Å²) in [5.41, 5.74) is 8.14. The van der Waals surface area contributed by atoms with Crippen LogP contribution in [0.3, 0.4) is 0 Å². The van der Waals surface area contributed by atoms with E-state index < -0.39 is 0 Å². The lowest BCUT2D eigenvalue weighted by atomic mass is 10.0. The lowest BCUT2D eigenvalue weighted by molar-refractivity contribution is -0.115. The van der Waals surface area contributed by atoms with E-state index in [1.165, 1.54) is 6.20 Å². The summed E-state index contributed by atoms with van der Waals surface area (Å²) in [5, 5.41) is 3.14. The van der Waals surface area contributed by atoms with Crippen molar-refractivity contribution in [1.29, 1.82) is 0 Å². The number of rotatable bonds is 4. The quantitative estimate of drug-likeness (QED) is 0.829. The van der Waals surface area contributed by atoms with Crippen LogP contribution in [0.2, 0.25) is 5.15 Å². The molecule has 0 fully saturated rings. The Labute approximate surface area is 130 Å². The summed E-state index contributed by atoms with van der Waals surface area (Å²) in [6, 6.07) is 9.33. The first-order valence-corrected chi connectivity index (χ1v) is 7.15. The highest BCUT2D eigenvalue weighted by Gasteiger charge is 2.08. The van der Waals surface area contributed by atoms with E-state index in [4.69, 9.17) is 17.3 Å². The summed E-state index contributed by atoms with van der Waals surface area (Å²) in [6.45, 7) is 0.414. The van der Waals surface area contributed by atoms with Crippen LogP contribution in [-0.4, -0.2) is 10.9 Å². The molecule has 1 heterocycles. The van der Waals surface area contributed by atoms with E-state index in [9.17, 15) is 4.79 Å². The topological polar surface area (TPSA) is 68.0 Å². The molecular formula is C14H13BrClN3O. The maximum Gasteiger partial charge on any atom is 0.228 e. The number of aromatic nitrogens is 1. The van der Waals surface area contributed by atoms with Crippen LogP contribution in [0.4, 0.5) is 5.69 Å². The van der Waals surface area contributed by atoms with Gasteiger partial charge in [-0.25, -0.2) is 4.98 Å². The van der Waals surface area contributed by atoms with E-state index in [2.05, 4.69) is 26.2 Å². The van der Waals surface area contributed by atoms with Crippen molar-refractivity contribution in [2.45, 2.75) is 13.0 Å². The fraction of sp³-hybridized carbons (Fsp3) is 0.143. The number of pyridine rings is 1. The number of halogens is 2. The van der Waals surface area contributed by atoms with Crippen LogP contribution in [-0.2, 0) is 17.8 Å². The van der Waals surface area contributed by atoms with E-state index in [0.29, 0.717) is 21.9 Å². The Hall–Kier alpha value is -1.43. The lowest BCUT2D eigenvalue weighted by Crippen LogP contribution is -2.16. The van der Waals surface area contributed by atoms with Gasteiger partial charge in [-0.3, -0.25) is 4.79 Å². The fourth-order valence-electron chi connectivity index (χ4n) is 1.80.